The van der Waals surface area contributed by atoms with Gasteiger partial charge in [-0.1, -0.05) is 25.5 Å². The van der Waals surface area contributed by atoms with Crippen molar-refractivity contribution in [2.75, 3.05) is 6.61 Å². The van der Waals surface area contributed by atoms with Gasteiger partial charge in [-0.25, -0.2) is 9.18 Å². The van der Waals surface area contributed by atoms with Crippen LogP contribution in [0.25, 0.3) is 5.76 Å². The van der Waals surface area contributed by atoms with Gasteiger partial charge in [0, 0.05) is 5.56 Å². The molecule has 1 aliphatic rings. The Morgan fingerprint density at radius 1 is 1.47 bits per heavy atom. The Balaban J connectivity index is 2.31. The summed E-state index contributed by atoms with van der Waals surface area (Å²) in [5, 5.41) is 17.8. The Morgan fingerprint density at radius 2 is 2.21 bits per heavy atom. The monoisotopic (exact) mass is 263 g/mol. The van der Waals surface area contributed by atoms with Crippen LogP contribution in [-0.4, -0.2) is 23.4 Å². The van der Waals surface area contributed by atoms with Gasteiger partial charge in [0.25, 0.3) is 0 Å². The van der Waals surface area contributed by atoms with E-state index in [0.29, 0.717) is 6.42 Å². The third kappa shape index (κ3) is 2.23. The summed E-state index contributed by atoms with van der Waals surface area (Å²) in [4.78, 5) is 11.8. The fraction of sp³-hybridized carbons (Fsp3) is 0.286. The molecule has 0 saturated heterocycles. The van der Waals surface area contributed by atoms with Crippen LogP contribution in [0.4, 0.5) is 4.39 Å². The molecule has 0 aromatic heterocycles. The number of unbranched alkanes of at least 4 members (excludes halogenated alkanes) is 1. The molecule has 0 heterocycles. The first-order valence-electron chi connectivity index (χ1n) is 6.06. The zero-order valence-electron chi connectivity index (χ0n) is 10.5. The molecule has 0 atom stereocenters. The summed E-state index contributed by atoms with van der Waals surface area (Å²) < 4.78 is 18.6. The average Bonchev–Trinajstić information content (AvgIpc) is 2.63. The third-order valence-electron chi connectivity index (χ3n) is 2.94. The maximum absolute atomic E-state index is 13.6. The van der Waals surface area contributed by atoms with Crippen LogP contribution in [0.5, 0.6) is 0 Å². The first-order chi connectivity index (χ1) is 9.07. The molecular formula is C14H14FNO3. The first kappa shape index (κ1) is 13.3. The van der Waals surface area contributed by atoms with Crippen molar-refractivity contribution < 1.29 is 19.0 Å². The summed E-state index contributed by atoms with van der Waals surface area (Å²) in [5.74, 6) is -1.96. The Labute approximate surface area is 110 Å². The van der Waals surface area contributed by atoms with E-state index in [1.165, 1.54) is 18.2 Å². The molecule has 0 fully saturated rings. The van der Waals surface area contributed by atoms with Crippen molar-refractivity contribution in [2.24, 2.45) is 0 Å². The van der Waals surface area contributed by atoms with Crippen molar-refractivity contribution in [3.05, 3.63) is 40.7 Å². The van der Waals surface area contributed by atoms with Gasteiger partial charge in [0.15, 0.2) is 0 Å². The largest absolute Gasteiger partial charge is 0.506 e. The van der Waals surface area contributed by atoms with Crippen LogP contribution in [0.15, 0.2) is 23.8 Å². The SMILES string of the molecule is CCCCOC(=O)C1=C(O)c2c(F)cccc2C1=N. The predicted octanol–water partition coefficient (Wildman–Crippen LogP) is 2.82. The molecule has 0 amide bonds. The van der Waals surface area contributed by atoms with Crippen LogP contribution in [0, 0.1) is 11.2 Å². The number of hydrogen-bond acceptors (Lipinski definition) is 4. The Morgan fingerprint density at radius 3 is 2.84 bits per heavy atom. The topological polar surface area (TPSA) is 70.4 Å². The van der Waals surface area contributed by atoms with E-state index in [0.717, 1.165) is 6.42 Å². The zero-order chi connectivity index (χ0) is 14.0. The summed E-state index contributed by atoms with van der Waals surface area (Å²) in [7, 11) is 0. The molecule has 0 unspecified atom stereocenters. The number of ether oxygens (including phenoxy) is 1. The van der Waals surface area contributed by atoms with Gasteiger partial charge in [0.1, 0.15) is 17.1 Å². The zero-order valence-corrected chi connectivity index (χ0v) is 10.5. The minimum atomic E-state index is -0.786. The number of nitrogens with one attached hydrogen (secondary N) is 1. The summed E-state index contributed by atoms with van der Waals surface area (Å²) in [5.41, 5.74) is -0.361. The molecule has 1 aliphatic carbocycles. The van der Waals surface area contributed by atoms with E-state index in [2.05, 4.69) is 0 Å². The average molecular weight is 263 g/mol. The Kier molecular flexibility index (Phi) is 3.64. The van der Waals surface area contributed by atoms with Crippen molar-refractivity contribution in [3.8, 4) is 0 Å². The molecule has 0 saturated carbocycles. The summed E-state index contributed by atoms with van der Waals surface area (Å²) >= 11 is 0. The molecule has 2 rings (SSSR count). The van der Waals surface area contributed by atoms with Gasteiger partial charge < -0.3 is 9.84 Å². The number of aliphatic hydroxyl groups excluding tert-OH is 1. The van der Waals surface area contributed by atoms with E-state index in [4.69, 9.17) is 10.1 Å². The lowest BCUT2D eigenvalue weighted by Gasteiger charge is -2.05. The van der Waals surface area contributed by atoms with Crippen LogP contribution >= 0.6 is 0 Å². The smallest absolute Gasteiger partial charge is 0.344 e. The summed E-state index contributed by atoms with van der Waals surface area (Å²) in [6, 6.07) is 4.10. The van der Waals surface area contributed by atoms with Crippen molar-refractivity contribution in [1.82, 2.24) is 0 Å². The molecule has 100 valence electrons. The number of rotatable bonds is 4. The molecular weight excluding hydrogens is 249 g/mol. The summed E-state index contributed by atoms with van der Waals surface area (Å²) in [6.07, 6.45) is 1.57. The first-order valence-corrected chi connectivity index (χ1v) is 6.06. The highest BCUT2D eigenvalue weighted by Gasteiger charge is 2.34. The number of halogens is 1. The van der Waals surface area contributed by atoms with E-state index < -0.39 is 17.5 Å². The molecule has 1 aromatic carbocycles. The van der Waals surface area contributed by atoms with E-state index >= 15 is 0 Å². The Bertz CT molecular complexity index is 578. The van der Waals surface area contributed by atoms with Crippen molar-refractivity contribution in [1.29, 1.82) is 5.41 Å². The van der Waals surface area contributed by atoms with E-state index in [-0.39, 0.29) is 29.0 Å². The van der Waals surface area contributed by atoms with Gasteiger partial charge in [-0.3, -0.25) is 5.41 Å². The lowest BCUT2D eigenvalue weighted by atomic mass is 10.1. The fourth-order valence-electron chi connectivity index (χ4n) is 1.93. The van der Waals surface area contributed by atoms with Gasteiger partial charge in [-0.15, -0.1) is 0 Å². The number of carbonyl (C=O) groups excluding carboxylic acids is 1. The number of carbonyl (C=O) groups is 1. The molecule has 4 nitrogen and oxygen atoms in total. The van der Waals surface area contributed by atoms with Crippen LogP contribution in [0.1, 0.15) is 30.9 Å². The molecule has 2 N–H and O–H groups in total. The molecule has 1 aromatic rings. The third-order valence-corrected chi connectivity index (χ3v) is 2.94. The molecule has 0 radical (unpaired) electrons. The maximum atomic E-state index is 13.6. The highest BCUT2D eigenvalue weighted by molar-refractivity contribution is 6.33. The minimum Gasteiger partial charge on any atom is -0.506 e. The lowest BCUT2D eigenvalue weighted by molar-refractivity contribution is -0.138. The van der Waals surface area contributed by atoms with Crippen molar-refractivity contribution >= 4 is 17.4 Å². The predicted molar refractivity (Wildman–Crippen MR) is 68.6 cm³/mol. The second-order valence-electron chi connectivity index (χ2n) is 4.25. The van der Waals surface area contributed by atoms with Gasteiger partial charge in [0.05, 0.1) is 17.9 Å². The second kappa shape index (κ2) is 5.22. The molecule has 19 heavy (non-hydrogen) atoms. The van der Waals surface area contributed by atoms with Gasteiger partial charge >= 0.3 is 5.97 Å². The number of aliphatic hydroxyl groups is 1. The number of esters is 1. The van der Waals surface area contributed by atoms with Crippen molar-refractivity contribution in [3.63, 3.8) is 0 Å². The van der Waals surface area contributed by atoms with E-state index in [9.17, 15) is 14.3 Å². The van der Waals surface area contributed by atoms with Crippen LogP contribution < -0.4 is 0 Å². The van der Waals surface area contributed by atoms with Gasteiger partial charge in [0.2, 0.25) is 0 Å². The minimum absolute atomic E-state index is 0.102. The molecule has 0 bridgehead atoms. The highest BCUT2D eigenvalue weighted by Crippen LogP contribution is 2.33. The molecule has 0 spiro atoms. The number of benzene rings is 1. The van der Waals surface area contributed by atoms with Crippen molar-refractivity contribution in [2.45, 2.75) is 19.8 Å². The van der Waals surface area contributed by atoms with Crippen LogP contribution in [0.2, 0.25) is 0 Å². The fourth-order valence-corrected chi connectivity index (χ4v) is 1.93. The molecule has 5 heteroatoms. The quantitative estimate of drug-likeness (QED) is 0.648. The normalized spacial score (nSPS) is 13.7. The Hall–Kier alpha value is -2.17. The second-order valence-corrected chi connectivity index (χ2v) is 4.25. The molecule has 0 aliphatic heterocycles. The maximum Gasteiger partial charge on any atom is 0.344 e. The highest BCUT2D eigenvalue weighted by atomic mass is 19.1. The van der Waals surface area contributed by atoms with Crippen LogP contribution in [-0.2, 0) is 9.53 Å². The van der Waals surface area contributed by atoms with E-state index in [1.807, 2.05) is 6.92 Å². The lowest BCUT2D eigenvalue weighted by Crippen LogP contribution is -2.14. The van der Waals surface area contributed by atoms with Crippen LogP contribution in [0.3, 0.4) is 0 Å². The number of fused-ring (bicyclic) bond motifs is 1. The standard InChI is InChI=1S/C14H14FNO3/c1-2-3-7-19-14(18)11-12(16)8-5-4-6-9(15)10(8)13(11)17/h4-6,16-17H,2-3,7H2,1H3. The number of hydrogen-bond donors (Lipinski definition) is 2. The van der Waals surface area contributed by atoms with E-state index in [1.54, 1.807) is 0 Å². The summed E-state index contributed by atoms with van der Waals surface area (Å²) in [6.45, 7) is 2.17. The van der Waals surface area contributed by atoms with Gasteiger partial charge in [-0.2, -0.15) is 0 Å². The van der Waals surface area contributed by atoms with Gasteiger partial charge in [-0.05, 0) is 12.5 Å².